The number of hydrogen-bond donors (Lipinski definition) is 2. The van der Waals surface area contributed by atoms with Gasteiger partial charge in [-0.15, -0.1) is 0 Å². The van der Waals surface area contributed by atoms with E-state index in [4.69, 9.17) is 0 Å². The maximum absolute atomic E-state index is 13.6. The van der Waals surface area contributed by atoms with Crippen molar-refractivity contribution in [1.29, 1.82) is 0 Å². The van der Waals surface area contributed by atoms with Crippen LogP contribution in [-0.4, -0.2) is 16.5 Å². The molecule has 0 bridgehead atoms. The zero-order valence-electron chi connectivity index (χ0n) is 14.2. The second kappa shape index (κ2) is 8.24. The van der Waals surface area contributed by atoms with E-state index in [0.29, 0.717) is 31.0 Å². The van der Waals surface area contributed by atoms with Crippen molar-refractivity contribution in [2.24, 2.45) is 0 Å². The molecule has 3 aromatic rings. The Balaban J connectivity index is 1.53. The van der Waals surface area contributed by atoms with Gasteiger partial charge in [-0.3, -0.25) is 0 Å². The number of benzene rings is 2. The number of anilines is 2. The zero-order chi connectivity index (χ0) is 17.5. The van der Waals surface area contributed by atoms with Gasteiger partial charge in [-0.25, -0.2) is 9.37 Å². The summed E-state index contributed by atoms with van der Waals surface area (Å²) in [6.07, 6.45) is 2.29. The van der Waals surface area contributed by atoms with Crippen LogP contribution in [0.2, 0.25) is 0 Å². The molecule has 4 nitrogen and oxygen atoms in total. The molecular formula is C20H21FN4. The van der Waals surface area contributed by atoms with E-state index in [-0.39, 0.29) is 5.82 Å². The Hall–Kier alpha value is -2.95. The first-order valence-corrected chi connectivity index (χ1v) is 8.30. The van der Waals surface area contributed by atoms with E-state index in [0.717, 1.165) is 5.82 Å². The monoisotopic (exact) mass is 336 g/mol. The molecule has 0 fully saturated rings. The molecule has 0 aliphatic rings. The molecule has 5 heteroatoms. The summed E-state index contributed by atoms with van der Waals surface area (Å²) in [5.41, 5.74) is 3.12. The van der Waals surface area contributed by atoms with Crippen molar-refractivity contribution in [3.63, 3.8) is 0 Å². The van der Waals surface area contributed by atoms with Gasteiger partial charge in [-0.05, 0) is 36.6 Å². The first-order chi connectivity index (χ1) is 12.2. The van der Waals surface area contributed by atoms with Gasteiger partial charge >= 0.3 is 0 Å². The smallest absolute Gasteiger partial charge is 0.224 e. The van der Waals surface area contributed by atoms with E-state index in [1.54, 1.807) is 18.3 Å². The van der Waals surface area contributed by atoms with E-state index in [2.05, 4.69) is 45.7 Å². The van der Waals surface area contributed by atoms with Crippen LogP contribution in [0.3, 0.4) is 0 Å². The molecule has 0 saturated carbocycles. The van der Waals surface area contributed by atoms with Crippen LogP contribution in [-0.2, 0) is 13.0 Å². The molecule has 0 saturated heterocycles. The molecular weight excluding hydrogens is 315 g/mol. The lowest BCUT2D eigenvalue weighted by atomic mass is 10.1. The van der Waals surface area contributed by atoms with Gasteiger partial charge in [-0.1, -0.05) is 48.0 Å². The number of aromatic nitrogens is 2. The number of nitrogens with zero attached hydrogens (tertiary/aromatic N) is 2. The third kappa shape index (κ3) is 5.01. The summed E-state index contributed by atoms with van der Waals surface area (Å²) in [6.45, 7) is 3.35. The van der Waals surface area contributed by atoms with Gasteiger partial charge < -0.3 is 10.6 Å². The van der Waals surface area contributed by atoms with Crippen LogP contribution >= 0.6 is 0 Å². The molecule has 0 amide bonds. The van der Waals surface area contributed by atoms with E-state index in [9.17, 15) is 4.39 Å². The van der Waals surface area contributed by atoms with Crippen molar-refractivity contribution < 1.29 is 4.39 Å². The molecule has 3 rings (SSSR count). The molecule has 25 heavy (non-hydrogen) atoms. The van der Waals surface area contributed by atoms with Gasteiger partial charge in [0.2, 0.25) is 5.95 Å². The van der Waals surface area contributed by atoms with Crippen LogP contribution in [0, 0.1) is 12.7 Å². The molecule has 0 unspecified atom stereocenters. The molecule has 0 radical (unpaired) electrons. The van der Waals surface area contributed by atoms with Gasteiger partial charge in [0, 0.05) is 19.3 Å². The first-order valence-electron chi connectivity index (χ1n) is 8.30. The topological polar surface area (TPSA) is 49.8 Å². The Morgan fingerprint density at radius 1 is 1.00 bits per heavy atom. The van der Waals surface area contributed by atoms with E-state index >= 15 is 0 Å². The Bertz CT molecular complexity index is 835. The lowest BCUT2D eigenvalue weighted by Crippen LogP contribution is -2.10. The predicted octanol–water partition coefficient (Wildman–Crippen LogP) is 4.19. The summed E-state index contributed by atoms with van der Waals surface area (Å²) < 4.78 is 13.6. The minimum absolute atomic E-state index is 0.182. The van der Waals surface area contributed by atoms with E-state index in [1.807, 2.05) is 18.2 Å². The molecule has 0 spiro atoms. The van der Waals surface area contributed by atoms with Gasteiger partial charge in [0.1, 0.15) is 11.6 Å². The van der Waals surface area contributed by atoms with Crippen LogP contribution in [0.4, 0.5) is 16.2 Å². The summed E-state index contributed by atoms with van der Waals surface area (Å²) in [5.74, 6) is 1.11. The minimum Gasteiger partial charge on any atom is -0.366 e. The summed E-state index contributed by atoms with van der Waals surface area (Å²) >= 11 is 0. The second-order valence-electron chi connectivity index (χ2n) is 5.88. The summed E-state index contributed by atoms with van der Waals surface area (Å²) in [7, 11) is 0. The van der Waals surface area contributed by atoms with Gasteiger partial charge in [0.15, 0.2) is 0 Å². The Kier molecular flexibility index (Phi) is 5.57. The molecule has 2 N–H and O–H groups in total. The number of hydrogen-bond acceptors (Lipinski definition) is 4. The largest absolute Gasteiger partial charge is 0.366 e. The fraction of sp³-hybridized carbons (Fsp3) is 0.200. The quantitative estimate of drug-likeness (QED) is 0.679. The van der Waals surface area contributed by atoms with Crippen LogP contribution in [0.5, 0.6) is 0 Å². The Morgan fingerprint density at radius 2 is 1.88 bits per heavy atom. The number of halogens is 1. The van der Waals surface area contributed by atoms with Crippen LogP contribution < -0.4 is 10.6 Å². The van der Waals surface area contributed by atoms with Crippen LogP contribution in [0.1, 0.15) is 16.7 Å². The van der Waals surface area contributed by atoms with Crippen molar-refractivity contribution in [2.75, 3.05) is 17.2 Å². The van der Waals surface area contributed by atoms with Crippen molar-refractivity contribution in [1.82, 2.24) is 9.97 Å². The fourth-order valence-corrected chi connectivity index (χ4v) is 2.57. The Morgan fingerprint density at radius 3 is 2.72 bits per heavy atom. The highest BCUT2D eigenvalue weighted by Crippen LogP contribution is 2.11. The highest BCUT2D eigenvalue weighted by molar-refractivity contribution is 5.40. The molecule has 0 atom stereocenters. The summed E-state index contributed by atoms with van der Waals surface area (Å²) in [5, 5.41) is 6.43. The number of nitrogens with one attached hydrogen (secondary N) is 2. The lowest BCUT2D eigenvalue weighted by molar-refractivity contribution is 0.610. The third-order valence-electron chi connectivity index (χ3n) is 3.85. The fourth-order valence-electron chi connectivity index (χ4n) is 2.57. The van der Waals surface area contributed by atoms with Crippen molar-refractivity contribution in [2.45, 2.75) is 19.9 Å². The number of aryl methyl sites for hydroxylation is 1. The second-order valence-corrected chi connectivity index (χ2v) is 5.88. The van der Waals surface area contributed by atoms with Crippen LogP contribution in [0.25, 0.3) is 0 Å². The highest BCUT2D eigenvalue weighted by Gasteiger charge is 2.02. The maximum atomic E-state index is 13.6. The molecule has 2 aromatic carbocycles. The predicted molar refractivity (Wildman–Crippen MR) is 99.1 cm³/mol. The summed E-state index contributed by atoms with van der Waals surface area (Å²) in [6, 6.07) is 17.0. The molecule has 1 aromatic heterocycles. The number of rotatable bonds is 7. The Labute approximate surface area is 147 Å². The average Bonchev–Trinajstić information content (AvgIpc) is 2.62. The van der Waals surface area contributed by atoms with E-state index in [1.165, 1.54) is 17.2 Å². The normalized spacial score (nSPS) is 10.5. The van der Waals surface area contributed by atoms with Gasteiger partial charge in [0.25, 0.3) is 0 Å². The van der Waals surface area contributed by atoms with Gasteiger partial charge in [-0.2, -0.15) is 4.98 Å². The molecule has 128 valence electrons. The SMILES string of the molecule is Cc1cccc(CNc2ccnc(NCCc3ccccc3F)n2)c1. The molecule has 0 aliphatic heterocycles. The standard InChI is InChI=1S/C20H21FN4/c1-15-5-4-6-16(13-15)14-24-19-10-12-23-20(25-19)22-11-9-17-7-2-3-8-18(17)21/h2-8,10,12-13H,9,11,14H2,1H3,(H2,22,23,24,25). The lowest BCUT2D eigenvalue weighted by Gasteiger charge is -2.09. The maximum Gasteiger partial charge on any atom is 0.224 e. The van der Waals surface area contributed by atoms with Crippen molar-refractivity contribution >= 4 is 11.8 Å². The van der Waals surface area contributed by atoms with Crippen LogP contribution in [0.15, 0.2) is 60.8 Å². The van der Waals surface area contributed by atoms with Gasteiger partial charge in [0.05, 0.1) is 0 Å². The van der Waals surface area contributed by atoms with Crippen molar-refractivity contribution in [3.8, 4) is 0 Å². The van der Waals surface area contributed by atoms with Crippen molar-refractivity contribution in [3.05, 3.63) is 83.3 Å². The average molecular weight is 336 g/mol. The first kappa shape index (κ1) is 16.9. The zero-order valence-corrected chi connectivity index (χ0v) is 14.2. The molecule has 0 aliphatic carbocycles. The molecule has 1 heterocycles. The van der Waals surface area contributed by atoms with E-state index < -0.39 is 0 Å². The highest BCUT2D eigenvalue weighted by atomic mass is 19.1. The minimum atomic E-state index is -0.182. The summed E-state index contributed by atoms with van der Waals surface area (Å²) in [4.78, 5) is 8.64. The third-order valence-corrected chi connectivity index (χ3v) is 3.85.